The molecule has 21 heavy (non-hydrogen) atoms. The molecule has 1 atom stereocenters. The van der Waals surface area contributed by atoms with Crippen molar-refractivity contribution >= 4 is 11.7 Å². The van der Waals surface area contributed by atoms with Crippen LogP contribution in [0.3, 0.4) is 0 Å². The fraction of sp³-hybridized carbons (Fsp3) is 0.462. The minimum atomic E-state index is -1.40. The molecule has 1 aliphatic rings. The largest absolute Gasteiger partial charge is 0.493 e. The van der Waals surface area contributed by atoms with E-state index in [-0.39, 0.29) is 24.2 Å². The molecule has 0 saturated carbocycles. The van der Waals surface area contributed by atoms with Gasteiger partial charge in [0.25, 0.3) is 5.69 Å². The van der Waals surface area contributed by atoms with Crippen LogP contribution in [-0.2, 0) is 4.74 Å². The summed E-state index contributed by atoms with van der Waals surface area (Å²) < 4.78 is 15.9. The molecule has 0 unspecified atom stereocenters. The van der Waals surface area contributed by atoms with Gasteiger partial charge in [0.2, 0.25) is 0 Å². The van der Waals surface area contributed by atoms with Crippen molar-refractivity contribution in [2.75, 3.05) is 20.3 Å². The summed E-state index contributed by atoms with van der Waals surface area (Å²) in [5, 5.41) is 20.0. The molecule has 0 bridgehead atoms. The minimum absolute atomic E-state index is 0.0621. The molecule has 0 radical (unpaired) electrons. The highest BCUT2D eigenvalue weighted by molar-refractivity contribution is 5.93. The lowest BCUT2D eigenvalue weighted by molar-refractivity contribution is -0.385. The van der Waals surface area contributed by atoms with Gasteiger partial charge >= 0.3 is 5.97 Å². The van der Waals surface area contributed by atoms with Crippen LogP contribution in [0.15, 0.2) is 12.1 Å². The predicted molar refractivity (Wildman–Crippen MR) is 71.1 cm³/mol. The summed E-state index contributed by atoms with van der Waals surface area (Å²) >= 11 is 0. The molecule has 1 fully saturated rings. The Labute approximate surface area is 120 Å². The summed E-state index contributed by atoms with van der Waals surface area (Å²) in [6, 6.07) is 2.16. The number of ether oxygens (including phenoxy) is 3. The van der Waals surface area contributed by atoms with Crippen molar-refractivity contribution in [3.8, 4) is 11.5 Å². The molecular weight excluding hydrogens is 282 g/mol. The number of rotatable bonds is 6. The van der Waals surface area contributed by atoms with Gasteiger partial charge in [0.15, 0.2) is 11.5 Å². The Morgan fingerprint density at radius 3 is 2.81 bits per heavy atom. The highest BCUT2D eigenvalue weighted by Gasteiger charge is 2.25. The second kappa shape index (κ2) is 6.40. The van der Waals surface area contributed by atoms with Gasteiger partial charge in [-0.25, -0.2) is 4.79 Å². The molecule has 1 aromatic carbocycles. The van der Waals surface area contributed by atoms with E-state index >= 15 is 0 Å². The third-order valence-corrected chi connectivity index (χ3v) is 3.16. The van der Waals surface area contributed by atoms with Crippen LogP contribution in [0.1, 0.15) is 23.2 Å². The number of carboxylic acids is 1. The minimum Gasteiger partial charge on any atom is -0.493 e. The molecule has 2 rings (SSSR count). The van der Waals surface area contributed by atoms with Crippen LogP contribution in [0.5, 0.6) is 11.5 Å². The summed E-state index contributed by atoms with van der Waals surface area (Å²) in [7, 11) is 1.34. The first kappa shape index (κ1) is 15.0. The van der Waals surface area contributed by atoms with E-state index in [1.807, 2.05) is 0 Å². The second-order valence-corrected chi connectivity index (χ2v) is 4.53. The van der Waals surface area contributed by atoms with E-state index in [9.17, 15) is 14.9 Å². The van der Waals surface area contributed by atoms with Crippen molar-refractivity contribution in [2.45, 2.75) is 18.9 Å². The molecule has 1 N–H and O–H groups in total. The van der Waals surface area contributed by atoms with Gasteiger partial charge in [-0.2, -0.15) is 0 Å². The number of nitrogens with zero attached hydrogens (tertiary/aromatic N) is 1. The van der Waals surface area contributed by atoms with Gasteiger partial charge < -0.3 is 19.3 Å². The van der Waals surface area contributed by atoms with Crippen LogP contribution in [0.4, 0.5) is 5.69 Å². The van der Waals surface area contributed by atoms with E-state index in [0.717, 1.165) is 25.0 Å². The number of hydrogen-bond acceptors (Lipinski definition) is 6. The smallest absolute Gasteiger partial charge is 0.342 e. The second-order valence-electron chi connectivity index (χ2n) is 4.53. The molecule has 1 aromatic rings. The Morgan fingerprint density at radius 2 is 2.29 bits per heavy atom. The van der Waals surface area contributed by atoms with E-state index in [1.54, 1.807) is 0 Å². The van der Waals surface area contributed by atoms with Crippen molar-refractivity contribution < 1.29 is 29.0 Å². The Bertz CT molecular complexity index is 552. The maximum Gasteiger partial charge on any atom is 0.342 e. The molecule has 8 heteroatoms. The van der Waals surface area contributed by atoms with Gasteiger partial charge in [0.1, 0.15) is 12.2 Å². The number of benzene rings is 1. The van der Waals surface area contributed by atoms with Gasteiger partial charge in [-0.3, -0.25) is 10.1 Å². The fourth-order valence-corrected chi connectivity index (χ4v) is 2.10. The summed E-state index contributed by atoms with van der Waals surface area (Å²) in [5.41, 5.74) is -0.980. The Kier molecular flexibility index (Phi) is 4.59. The van der Waals surface area contributed by atoms with Crippen molar-refractivity contribution in [3.63, 3.8) is 0 Å². The third kappa shape index (κ3) is 3.40. The summed E-state index contributed by atoms with van der Waals surface area (Å²) in [6.07, 6.45) is 1.74. The molecule has 0 amide bonds. The predicted octanol–water partition coefficient (Wildman–Crippen LogP) is 1.86. The third-order valence-electron chi connectivity index (χ3n) is 3.16. The molecule has 1 heterocycles. The summed E-state index contributed by atoms with van der Waals surface area (Å²) in [5.74, 6) is -1.13. The zero-order chi connectivity index (χ0) is 15.4. The molecule has 114 valence electrons. The Morgan fingerprint density at radius 1 is 1.52 bits per heavy atom. The van der Waals surface area contributed by atoms with Crippen LogP contribution in [0.25, 0.3) is 0 Å². The molecule has 0 aliphatic carbocycles. The van der Waals surface area contributed by atoms with Gasteiger partial charge in [0, 0.05) is 12.7 Å². The van der Waals surface area contributed by atoms with Gasteiger partial charge in [-0.05, 0) is 12.8 Å². The number of hydrogen-bond donors (Lipinski definition) is 1. The average Bonchev–Trinajstić information content (AvgIpc) is 2.97. The Balaban J connectivity index is 2.27. The number of nitro benzene ring substituents is 1. The maximum absolute atomic E-state index is 11.1. The van der Waals surface area contributed by atoms with Gasteiger partial charge in [-0.15, -0.1) is 0 Å². The monoisotopic (exact) mass is 297 g/mol. The number of carboxylic acid groups (broad SMARTS) is 1. The Hall–Kier alpha value is -2.35. The maximum atomic E-state index is 11.1. The molecule has 0 aromatic heterocycles. The van der Waals surface area contributed by atoms with Crippen LogP contribution in [0.2, 0.25) is 0 Å². The van der Waals surface area contributed by atoms with Crippen molar-refractivity contribution in [1.29, 1.82) is 0 Å². The van der Waals surface area contributed by atoms with Crippen LogP contribution >= 0.6 is 0 Å². The molecular formula is C13H15NO7. The lowest BCUT2D eigenvalue weighted by Crippen LogP contribution is -2.17. The number of methoxy groups -OCH3 is 1. The first-order chi connectivity index (χ1) is 10.0. The van der Waals surface area contributed by atoms with E-state index in [2.05, 4.69) is 0 Å². The number of aromatic carboxylic acids is 1. The van der Waals surface area contributed by atoms with Gasteiger partial charge in [-0.1, -0.05) is 0 Å². The normalized spacial score (nSPS) is 17.5. The fourth-order valence-electron chi connectivity index (χ4n) is 2.10. The molecule has 1 aliphatic heterocycles. The standard InChI is InChI=1S/C13H15NO7/c1-19-11-5-9(13(15)16)10(14(17)18)6-12(11)21-7-8-3-2-4-20-8/h5-6,8H,2-4,7H2,1H3,(H,15,16)/t8-/m1/s1. The van der Waals surface area contributed by atoms with Crippen LogP contribution in [0, 0.1) is 10.1 Å². The summed E-state index contributed by atoms with van der Waals surface area (Å²) in [6.45, 7) is 0.906. The molecule has 1 saturated heterocycles. The number of nitro groups is 1. The van der Waals surface area contributed by atoms with Crippen molar-refractivity contribution in [2.24, 2.45) is 0 Å². The van der Waals surface area contributed by atoms with Crippen molar-refractivity contribution in [1.82, 2.24) is 0 Å². The first-order valence-electron chi connectivity index (χ1n) is 6.37. The van der Waals surface area contributed by atoms with E-state index in [4.69, 9.17) is 19.3 Å². The number of carbonyl (C=O) groups is 1. The lowest BCUT2D eigenvalue weighted by Gasteiger charge is -2.14. The van der Waals surface area contributed by atoms with E-state index < -0.39 is 22.1 Å². The van der Waals surface area contributed by atoms with Gasteiger partial charge in [0.05, 0.1) is 24.2 Å². The summed E-state index contributed by atoms with van der Waals surface area (Å²) in [4.78, 5) is 21.2. The highest BCUT2D eigenvalue weighted by Crippen LogP contribution is 2.35. The van der Waals surface area contributed by atoms with Crippen LogP contribution < -0.4 is 9.47 Å². The lowest BCUT2D eigenvalue weighted by atomic mass is 10.1. The van der Waals surface area contributed by atoms with E-state index in [0.29, 0.717) is 6.61 Å². The SMILES string of the molecule is COc1cc(C(=O)O)c([N+](=O)[O-])cc1OC[C@H]1CCCO1. The zero-order valence-corrected chi connectivity index (χ0v) is 11.4. The first-order valence-corrected chi connectivity index (χ1v) is 6.37. The average molecular weight is 297 g/mol. The van der Waals surface area contributed by atoms with E-state index in [1.165, 1.54) is 7.11 Å². The highest BCUT2D eigenvalue weighted by atomic mass is 16.6. The van der Waals surface area contributed by atoms with Crippen LogP contribution in [-0.4, -0.2) is 42.4 Å². The molecule has 0 spiro atoms. The quantitative estimate of drug-likeness (QED) is 0.630. The zero-order valence-electron chi connectivity index (χ0n) is 11.4. The topological polar surface area (TPSA) is 108 Å². The molecule has 8 nitrogen and oxygen atoms in total. The van der Waals surface area contributed by atoms with Crippen molar-refractivity contribution in [3.05, 3.63) is 27.8 Å².